The van der Waals surface area contributed by atoms with E-state index in [-0.39, 0.29) is 35.1 Å². The van der Waals surface area contributed by atoms with Crippen LogP contribution < -0.4 is 10.6 Å². The summed E-state index contributed by atoms with van der Waals surface area (Å²) < 4.78 is 0.789. The van der Waals surface area contributed by atoms with E-state index >= 15 is 0 Å². The first-order chi connectivity index (χ1) is 21.1. The fraction of sp³-hybridized carbons (Fsp3) is 0.333. The van der Waals surface area contributed by atoms with Gasteiger partial charge in [-0.3, -0.25) is 29.0 Å². The molecule has 0 unspecified atom stereocenters. The van der Waals surface area contributed by atoms with Crippen LogP contribution in [0.1, 0.15) is 51.4 Å². The van der Waals surface area contributed by atoms with Crippen LogP contribution >= 0.6 is 48.0 Å². The Morgan fingerprint density at radius 1 is 0.614 bits per heavy atom. The van der Waals surface area contributed by atoms with Gasteiger partial charge in [0.15, 0.2) is 0 Å². The first-order valence-electron chi connectivity index (χ1n) is 14.1. The lowest BCUT2D eigenvalue weighted by atomic mass is 10.1. The second-order valence-electron chi connectivity index (χ2n) is 10.1. The van der Waals surface area contributed by atoms with Crippen molar-refractivity contribution in [2.75, 3.05) is 23.7 Å². The van der Waals surface area contributed by atoms with E-state index in [1.165, 1.54) is 34.1 Å². The van der Waals surface area contributed by atoms with Crippen molar-refractivity contribution in [1.29, 1.82) is 0 Å². The molecule has 0 bridgehead atoms. The lowest BCUT2D eigenvalue weighted by Crippen LogP contribution is -2.31. The van der Waals surface area contributed by atoms with Gasteiger partial charge < -0.3 is 20.8 Å². The summed E-state index contributed by atoms with van der Waals surface area (Å²) in [6.45, 7) is 0.794. The number of nitrogens with zero attached hydrogens (tertiary/aromatic N) is 2. The molecule has 0 spiro atoms. The molecular formula is C30H32N4O6S4. The first-order valence-corrected chi connectivity index (χ1v) is 16.6. The molecule has 4 amide bonds. The fourth-order valence-corrected chi connectivity index (χ4v) is 7.23. The molecule has 2 heterocycles. The van der Waals surface area contributed by atoms with Gasteiger partial charge in [-0.1, -0.05) is 60.8 Å². The van der Waals surface area contributed by atoms with Crippen molar-refractivity contribution in [3.8, 4) is 11.5 Å². The Labute approximate surface area is 274 Å². The smallest absolute Gasteiger partial charge is 0.267 e. The molecule has 44 heavy (non-hydrogen) atoms. The standard InChI is InChI=1S/C30H32N4O6S4/c35-21-13-9-19(10-14-21)31-23(37)7-3-1-5-17-33-27(39)25(43-29(33)41)26-28(40)34(30(42)44-26)18-6-2-4-8-24(38)32-20-11-15-22(36)16-12-20/h9-16,35-36H,1-8,17-18H2,(H,31,37)(H,32,38)/b26-25+. The van der Waals surface area contributed by atoms with Crippen LogP contribution in [0.3, 0.4) is 0 Å². The van der Waals surface area contributed by atoms with Crippen LogP contribution in [0.4, 0.5) is 11.4 Å². The highest BCUT2D eigenvalue weighted by Gasteiger charge is 2.41. The minimum atomic E-state index is -0.301. The van der Waals surface area contributed by atoms with E-state index in [0.717, 1.165) is 36.4 Å². The maximum absolute atomic E-state index is 13.2. The summed E-state index contributed by atoms with van der Waals surface area (Å²) in [6.07, 6.45) is 4.68. The van der Waals surface area contributed by atoms with E-state index in [1.807, 2.05) is 0 Å². The summed E-state index contributed by atoms with van der Waals surface area (Å²) in [4.78, 5) is 54.2. The van der Waals surface area contributed by atoms with Gasteiger partial charge in [0.25, 0.3) is 11.8 Å². The number of nitrogens with one attached hydrogen (secondary N) is 2. The molecular weight excluding hydrogens is 641 g/mol. The van der Waals surface area contributed by atoms with Crippen molar-refractivity contribution in [1.82, 2.24) is 9.80 Å². The Kier molecular flexibility index (Phi) is 12.2. The molecule has 2 aromatic rings. The number of thiocarbonyl (C=S) groups is 2. The third-order valence-electron chi connectivity index (χ3n) is 6.78. The molecule has 2 aliphatic rings. The normalized spacial score (nSPS) is 16.6. The summed E-state index contributed by atoms with van der Waals surface area (Å²) in [5.74, 6) is -0.595. The Hall–Kier alpha value is -3.46. The highest BCUT2D eigenvalue weighted by Crippen LogP contribution is 2.42. The Bertz CT molecular complexity index is 1350. The third-order valence-corrected chi connectivity index (χ3v) is 9.80. The lowest BCUT2D eigenvalue weighted by Gasteiger charge is -2.14. The second-order valence-corrected chi connectivity index (χ2v) is 13.4. The van der Waals surface area contributed by atoms with Crippen LogP contribution in [0, 0.1) is 0 Å². The Balaban J connectivity index is 1.16. The van der Waals surface area contributed by atoms with Crippen LogP contribution in [0.15, 0.2) is 58.3 Å². The Morgan fingerprint density at radius 2 is 0.977 bits per heavy atom. The van der Waals surface area contributed by atoms with E-state index in [2.05, 4.69) is 10.6 Å². The topological polar surface area (TPSA) is 139 Å². The van der Waals surface area contributed by atoms with Crippen LogP contribution in [-0.2, 0) is 19.2 Å². The summed E-state index contributed by atoms with van der Waals surface area (Å²) in [7, 11) is 0. The molecule has 2 aliphatic heterocycles. The van der Waals surface area contributed by atoms with Crippen molar-refractivity contribution in [3.63, 3.8) is 0 Å². The monoisotopic (exact) mass is 672 g/mol. The SMILES string of the molecule is O=C(CCCCCN1C(=O)/C(=C2\SC(=S)N(CCCCCC(=O)Nc3ccc(O)cc3)C2=O)SC1=S)Nc1ccc(O)cc1. The van der Waals surface area contributed by atoms with Gasteiger partial charge in [0.05, 0.1) is 9.81 Å². The van der Waals surface area contributed by atoms with Gasteiger partial charge >= 0.3 is 0 Å². The van der Waals surface area contributed by atoms with Crippen molar-refractivity contribution in [2.45, 2.75) is 51.4 Å². The summed E-state index contributed by atoms with van der Waals surface area (Å²) in [5.41, 5.74) is 1.23. The van der Waals surface area contributed by atoms with Crippen molar-refractivity contribution < 1.29 is 29.4 Å². The molecule has 0 radical (unpaired) electrons. The molecule has 0 aromatic heterocycles. The number of rotatable bonds is 14. The van der Waals surface area contributed by atoms with Gasteiger partial charge in [-0.25, -0.2) is 0 Å². The number of phenolic OH excluding ortho intramolecular Hbond substituents is 2. The largest absolute Gasteiger partial charge is 0.508 e. The zero-order chi connectivity index (χ0) is 31.6. The summed E-state index contributed by atoms with van der Waals surface area (Å²) >= 11 is 13.1. The zero-order valence-electron chi connectivity index (χ0n) is 23.7. The zero-order valence-corrected chi connectivity index (χ0v) is 27.0. The van der Waals surface area contributed by atoms with Gasteiger partial charge in [0, 0.05) is 37.3 Å². The number of unbranched alkanes of at least 4 members (excludes halogenated alkanes) is 4. The minimum Gasteiger partial charge on any atom is -0.508 e. The number of phenols is 2. The maximum atomic E-state index is 13.2. The molecule has 232 valence electrons. The second kappa shape index (κ2) is 16.0. The molecule has 14 heteroatoms. The summed E-state index contributed by atoms with van der Waals surface area (Å²) in [6, 6.07) is 12.5. The molecule has 2 aromatic carbocycles. The average molecular weight is 673 g/mol. The molecule has 2 saturated heterocycles. The van der Waals surface area contributed by atoms with Gasteiger partial charge in [-0.15, -0.1) is 0 Å². The number of benzene rings is 2. The predicted octanol–water partition coefficient (Wildman–Crippen LogP) is 5.73. The van der Waals surface area contributed by atoms with Gasteiger partial charge in [0.1, 0.15) is 20.1 Å². The fourth-order valence-electron chi connectivity index (χ4n) is 4.46. The quantitative estimate of drug-likeness (QED) is 0.0852. The van der Waals surface area contributed by atoms with Crippen LogP contribution in [0.25, 0.3) is 0 Å². The number of anilines is 2. The number of aromatic hydroxyl groups is 2. The molecule has 4 rings (SSSR count). The van der Waals surface area contributed by atoms with E-state index < -0.39 is 0 Å². The van der Waals surface area contributed by atoms with Crippen LogP contribution in [0.2, 0.25) is 0 Å². The number of hydrogen-bond acceptors (Lipinski definition) is 10. The molecule has 2 fully saturated rings. The van der Waals surface area contributed by atoms with Gasteiger partial charge in [0.2, 0.25) is 11.8 Å². The lowest BCUT2D eigenvalue weighted by molar-refractivity contribution is -0.124. The van der Waals surface area contributed by atoms with Crippen LogP contribution in [-0.4, -0.2) is 65.4 Å². The molecule has 10 nitrogen and oxygen atoms in total. The number of hydrogen-bond donors (Lipinski definition) is 4. The molecule has 4 N–H and O–H groups in total. The third kappa shape index (κ3) is 9.27. The molecule has 0 aliphatic carbocycles. The van der Waals surface area contributed by atoms with Gasteiger partial charge in [-0.2, -0.15) is 0 Å². The van der Waals surface area contributed by atoms with E-state index in [0.29, 0.717) is 81.4 Å². The van der Waals surface area contributed by atoms with Crippen molar-refractivity contribution >= 4 is 91.6 Å². The molecule has 0 atom stereocenters. The van der Waals surface area contributed by atoms with E-state index in [1.54, 1.807) is 24.3 Å². The van der Waals surface area contributed by atoms with E-state index in [9.17, 15) is 29.4 Å². The number of thioether (sulfide) groups is 2. The van der Waals surface area contributed by atoms with Crippen molar-refractivity contribution in [2.24, 2.45) is 0 Å². The van der Waals surface area contributed by atoms with E-state index in [4.69, 9.17) is 24.4 Å². The number of amides is 4. The van der Waals surface area contributed by atoms with Crippen LogP contribution in [0.5, 0.6) is 11.5 Å². The van der Waals surface area contributed by atoms with Gasteiger partial charge in [-0.05, 0) is 74.2 Å². The molecule has 0 saturated carbocycles. The average Bonchev–Trinajstić information content (AvgIpc) is 3.43. The number of carbonyl (C=O) groups is 4. The highest BCUT2D eigenvalue weighted by atomic mass is 32.2. The predicted molar refractivity (Wildman–Crippen MR) is 181 cm³/mol. The minimum absolute atomic E-state index is 0.126. The van der Waals surface area contributed by atoms with Crippen molar-refractivity contribution in [3.05, 3.63) is 58.3 Å². The first kappa shape index (κ1) is 33.4. The number of carbonyl (C=O) groups excluding carboxylic acids is 4. The highest BCUT2D eigenvalue weighted by molar-refractivity contribution is 8.29. The Morgan fingerprint density at radius 3 is 1.34 bits per heavy atom. The summed E-state index contributed by atoms with van der Waals surface area (Å²) in [5, 5.41) is 24.2. The maximum Gasteiger partial charge on any atom is 0.267 e.